The van der Waals surface area contributed by atoms with Crippen molar-refractivity contribution in [1.82, 2.24) is 0 Å². The van der Waals surface area contributed by atoms with Crippen LogP contribution in [0.4, 0.5) is 10.1 Å². The van der Waals surface area contributed by atoms with E-state index in [-0.39, 0.29) is 11.2 Å². The van der Waals surface area contributed by atoms with Crippen LogP contribution < -0.4 is 15.8 Å². The van der Waals surface area contributed by atoms with Gasteiger partial charge < -0.3 is 15.8 Å². The van der Waals surface area contributed by atoms with Gasteiger partial charge in [-0.2, -0.15) is 0 Å². The van der Waals surface area contributed by atoms with E-state index in [9.17, 15) is 4.39 Å². The lowest BCUT2D eigenvalue weighted by Gasteiger charge is -2.24. The van der Waals surface area contributed by atoms with E-state index in [0.717, 1.165) is 18.7 Å². The van der Waals surface area contributed by atoms with Crippen molar-refractivity contribution in [2.75, 3.05) is 25.0 Å². The smallest absolute Gasteiger partial charge is 0.167 e. The maximum absolute atomic E-state index is 13.6. The van der Waals surface area contributed by atoms with E-state index in [2.05, 4.69) is 19.2 Å². The van der Waals surface area contributed by atoms with Crippen LogP contribution >= 0.6 is 0 Å². The highest BCUT2D eigenvalue weighted by Gasteiger charge is 2.16. The van der Waals surface area contributed by atoms with Crippen LogP contribution in [-0.4, -0.2) is 19.7 Å². The van der Waals surface area contributed by atoms with Crippen molar-refractivity contribution in [2.24, 2.45) is 11.1 Å². The molecule has 0 aliphatic rings. The Kier molecular flexibility index (Phi) is 5.41. The highest BCUT2D eigenvalue weighted by atomic mass is 19.1. The maximum Gasteiger partial charge on any atom is 0.167 e. The molecule has 0 atom stereocenters. The highest BCUT2D eigenvalue weighted by molar-refractivity contribution is 5.47. The molecule has 0 radical (unpaired) electrons. The first-order chi connectivity index (χ1) is 8.48. The number of anilines is 1. The lowest BCUT2D eigenvalue weighted by atomic mass is 9.89. The van der Waals surface area contributed by atoms with Crippen LogP contribution in [0.2, 0.25) is 0 Å². The van der Waals surface area contributed by atoms with Gasteiger partial charge in [0.15, 0.2) is 11.6 Å². The zero-order chi connectivity index (χ0) is 13.6. The second kappa shape index (κ2) is 6.59. The Bertz CT molecular complexity index is 380. The molecule has 0 heterocycles. The van der Waals surface area contributed by atoms with Crippen LogP contribution in [0.15, 0.2) is 18.2 Å². The Morgan fingerprint density at radius 1 is 1.39 bits per heavy atom. The normalized spacial score (nSPS) is 11.4. The Morgan fingerprint density at radius 2 is 2.11 bits per heavy atom. The predicted octanol–water partition coefficient (Wildman–Crippen LogP) is 3.01. The summed E-state index contributed by atoms with van der Waals surface area (Å²) in [7, 11) is 0. The van der Waals surface area contributed by atoms with Crippen molar-refractivity contribution in [3.05, 3.63) is 24.0 Å². The molecule has 0 saturated heterocycles. The van der Waals surface area contributed by atoms with Gasteiger partial charge in [0, 0.05) is 18.3 Å². The molecule has 1 aromatic carbocycles. The number of benzene rings is 1. The van der Waals surface area contributed by atoms with Crippen molar-refractivity contribution >= 4 is 5.69 Å². The van der Waals surface area contributed by atoms with E-state index in [0.29, 0.717) is 18.9 Å². The van der Waals surface area contributed by atoms with Gasteiger partial charge in [-0.3, -0.25) is 0 Å². The van der Waals surface area contributed by atoms with Gasteiger partial charge in [0.1, 0.15) is 0 Å². The maximum atomic E-state index is 13.6. The van der Waals surface area contributed by atoms with Gasteiger partial charge in [0.2, 0.25) is 0 Å². The van der Waals surface area contributed by atoms with Crippen LogP contribution in [0, 0.1) is 11.2 Å². The van der Waals surface area contributed by atoms with Gasteiger partial charge in [-0.15, -0.1) is 0 Å². The van der Waals surface area contributed by atoms with E-state index in [1.165, 1.54) is 6.07 Å². The molecule has 0 spiro atoms. The molecule has 0 unspecified atom stereocenters. The Morgan fingerprint density at radius 3 is 2.67 bits per heavy atom. The molecule has 0 aliphatic heterocycles. The molecule has 0 fully saturated rings. The minimum Gasteiger partial charge on any atom is -0.491 e. The number of ether oxygens (including phenoxy) is 1. The van der Waals surface area contributed by atoms with Crippen molar-refractivity contribution in [3.8, 4) is 5.75 Å². The van der Waals surface area contributed by atoms with Gasteiger partial charge in [-0.25, -0.2) is 4.39 Å². The van der Waals surface area contributed by atoms with Gasteiger partial charge in [0.05, 0.1) is 6.61 Å². The fraction of sp³-hybridized carbons (Fsp3) is 0.571. The minimum absolute atomic E-state index is 0.101. The predicted molar refractivity (Wildman–Crippen MR) is 73.5 cm³/mol. The molecule has 102 valence electrons. The first-order valence-corrected chi connectivity index (χ1v) is 6.35. The second-order valence-electron chi connectivity index (χ2n) is 5.13. The van der Waals surface area contributed by atoms with E-state index >= 15 is 0 Å². The first-order valence-electron chi connectivity index (χ1n) is 6.35. The van der Waals surface area contributed by atoms with Crippen molar-refractivity contribution in [2.45, 2.75) is 27.2 Å². The summed E-state index contributed by atoms with van der Waals surface area (Å²) >= 11 is 0. The van der Waals surface area contributed by atoms with Crippen LogP contribution in [0.25, 0.3) is 0 Å². The summed E-state index contributed by atoms with van der Waals surface area (Å²) in [4.78, 5) is 0. The summed E-state index contributed by atoms with van der Waals surface area (Å²) in [5.41, 5.74) is 6.42. The average Bonchev–Trinajstić information content (AvgIpc) is 2.30. The summed E-state index contributed by atoms with van der Waals surface area (Å²) in [5, 5.41) is 3.23. The third-order valence-corrected chi connectivity index (χ3v) is 2.82. The fourth-order valence-electron chi connectivity index (χ4n) is 1.70. The molecule has 0 amide bonds. The molecule has 0 aliphatic carbocycles. The van der Waals surface area contributed by atoms with E-state index in [4.69, 9.17) is 10.5 Å². The summed E-state index contributed by atoms with van der Waals surface area (Å²) in [6, 6.07) is 4.94. The second-order valence-corrected chi connectivity index (χ2v) is 5.13. The first kappa shape index (κ1) is 14.8. The summed E-state index contributed by atoms with van der Waals surface area (Å²) in [5.74, 6) is -0.0391. The quantitative estimate of drug-likeness (QED) is 0.786. The molecular weight excluding hydrogens is 231 g/mol. The lowest BCUT2D eigenvalue weighted by molar-refractivity contribution is 0.321. The van der Waals surface area contributed by atoms with Crippen LogP contribution in [0.3, 0.4) is 0 Å². The van der Waals surface area contributed by atoms with Crippen LogP contribution in [-0.2, 0) is 0 Å². The number of halogens is 1. The average molecular weight is 254 g/mol. The Labute approximate surface area is 109 Å². The van der Waals surface area contributed by atoms with Gasteiger partial charge >= 0.3 is 0 Å². The number of nitrogens with one attached hydrogen (secondary N) is 1. The Hall–Kier alpha value is -1.29. The summed E-state index contributed by atoms with van der Waals surface area (Å²) in [6.45, 7) is 7.99. The highest BCUT2D eigenvalue weighted by Crippen LogP contribution is 2.24. The number of hydrogen-bond acceptors (Lipinski definition) is 3. The third-order valence-electron chi connectivity index (χ3n) is 2.82. The SMILES string of the molecule is CCOc1ccc(NCC(C)(C)CCN)cc1F. The number of rotatable bonds is 7. The van der Waals surface area contributed by atoms with Crippen LogP contribution in [0.1, 0.15) is 27.2 Å². The zero-order valence-corrected chi connectivity index (χ0v) is 11.4. The molecule has 4 heteroatoms. The molecule has 1 aromatic rings. The fourth-order valence-corrected chi connectivity index (χ4v) is 1.70. The standard InChI is InChI=1S/C14H23FN2O/c1-4-18-13-6-5-11(9-12(13)15)17-10-14(2,3)7-8-16/h5-6,9,17H,4,7-8,10,16H2,1-3H3. The third kappa shape index (κ3) is 4.53. The molecule has 0 bridgehead atoms. The Balaban J connectivity index is 2.61. The molecular formula is C14H23FN2O. The number of hydrogen-bond donors (Lipinski definition) is 2. The van der Waals surface area contributed by atoms with E-state index in [1.54, 1.807) is 6.07 Å². The molecule has 0 saturated carbocycles. The largest absolute Gasteiger partial charge is 0.491 e. The van der Waals surface area contributed by atoms with Crippen molar-refractivity contribution < 1.29 is 9.13 Å². The van der Waals surface area contributed by atoms with Crippen LogP contribution in [0.5, 0.6) is 5.75 Å². The monoisotopic (exact) mass is 254 g/mol. The van der Waals surface area contributed by atoms with Crippen molar-refractivity contribution in [3.63, 3.8) is 0 Å². The van der Waals surface area contributed by atoms with E-state index in [1.807, 2.05) is 13.0 Å². The van der Waals surface area contributed by atoms with Crippen molar-refractivity contribution in [1.29, 1.82) is 0 Å². The minimum atomic E-state index is -0.335. The van der Waals surface area contributed by atoms with Gasteiger partial charge in [-0.1, -0.05) is 13.8 Å². The topological polar surface area (TPSA) is 47.3 Å². The molecule has 0 aromatic heterocycles. The van der Waals surface area contributed by atoms with Gasteiger partial charge in [0.25, 0.3) is 0 Å². The molecule has 18 heavy (non-hydrogen) atoms. The molecule has 3 nitrogen and oxygen atoms in total. The van der Waals surface area contributed by atoms with E-state index < -0.39 is 0 Å². The zero-order valence-electron chi connectivity index (χ0n) is 11.4. The molecule has 3 N–H and O–H groups in total. The number of nitrogens with two attached hydrogens (primary N) is 1. The summed E-state index contributed by atoms with van der Waals surface area (Å²) in [6.07, 6.45) is 0.930. The molecule has 1 rings (SSSR count). The lowest BCUT2D eigenvalue weighted by Crippen LogP contribution is -2.26. The van der Waals surface area contributed by atoms with Gasteiger partial charge in [-0.05, 0) is 37.4 Å². The summed E-state index contributed by atoms with van der Waals surface area (Å²) < 4.78 is 18.8.